The van der Waals surface area contributed by atoms with Crippen molar-refractivity contribution in [2.45, 2.75) is 38.2 Å². The van der Waals surface area contributed by atoms with Gasteiger partial charge in [0.05, 0.1) is 18.4 Å². The standard InChI is InChI=1S/C24H28N6O2S/c1-5-29(6-2)18-14-12-17(13-15-18)23-26-27-24(30(23)7-3)33-16-21-25-22(28-32-21)19-10-8-9-11-20(19)31-4/h8-15H,5-7,16H2,1-4H3. The van der Waals surface area contributed by atoms with Gasteiger partial charge in [-0.15, -0.1) is 10.2 Å². The minimum atomic E-state index is 0.501. The molecule has 0 unspecified atom stereocenters. The fourth-order valence-corrected chi connectivity index (χ4v) is 4.52. The lowest BCUT2D eigenvalue weighted by Crippen LogP contribution is -2.21. The molecule has 9 heteroatoms. The maximum Gasteiger partial charge on any atom is 0.237 e. The summed E-state index contributed by atoms with van der Waals surface area (Å²) >= 11 is 1.53. The second-order valence-electron chi connectivity index (χ2n) is 7.27. The molecule has 2 aromatic heterocycles. The Hall–Kier alpha value is -3.33. The first-order valence-corrected chi connectivity index (χ1v) is 12.0. The fraction of sp³-hybridized carbons (Fsp3) is 0.333. The summed E-state index contributed by atoms with van der Waals surface area (Å²) in [6, 6.07) is 16.1. The predicted octanol–water partition coefficient (Wildman–Crippen LogP) is 5.16. The highest BCUT2D eigenvalue weighted by molar-refractivity contribution is 7.98. The van der Waals surface area contributed by atoms with Crippen molar-refractivity contribution in [2.24, 2.45) is 0 Å². The largest absolute Gasteiger partial charge is 0.496 e. The number of anilines is 1. The minimum absolute atomic E-state index is 0.501. The lowest BCUT2D eigenvalue weighted by molar-refractivity contribution is 0.390. The quantitative estimate of drug-likeness (QED) is 0.298. The monoisotopic (exact) mass is 464 g/mol. The third-order valence-corrected chi connectivity index (χ3v) is 6.38. The number of ether oxygens (including phenoxy) is 1. The van der Waals surface area contributed by atoms with Gasteiger partial charge in [-0.1, -0.05) is 29.1 Å². The molecule has 0 N–H and O–H groups in total. The highest BCUT2D eigenvalue weighted by atomic mass is 32.2. The summed E-state index contributed by atoms with van der Waals surface area (Å²) in [6.07, 6.45) is 0. The second-order valence-corrected chi connectivity index (χ2v) is 8.21. The zero-order valence-corrected chi connectivity index (χ0v) is 20.2. The van der Waals surface area contributed by atoms with Gasteiger partial charge in [-0.2, -0.15) is 4.98 Å². The summed E-state index contributed by atoms with van der Waals surface area (Å²) in [5, 5.41) is 13.8. The van der Waals surface area contributed by atoms with Crippen LogP contribution in [0.4, 0.5) is 5.69 Å². The zero-order valence-electron chi connectivity index (χ0n) is 19.4. The van der Waals surface area contributed by atoms with Crippen LogP contribution in [-0.2, 0) is 12.3 Å². The highest BCUT2D eigenvalue weighted by Crippen LogP contribution is 2.30. The van der Waals surface area contributed by atoms with Gasteiger partial charge in [0.15, 0.2) is 11.0 Å². The number of hydrogen-bond donors (Lipinski definition) is 0. The summed E-state index contributed by atoms with van der Waals surface area (Å²) in [7, 11) is 1.63. The van der Waals surface area contributed by atoms with Crippen molar-refractivity contribution in [3.8, 4) is 28.5 Å². The molecule has 0 saturated carbocycles. The highest BCUT2D eigenvalue weighted by Gasteiger charge is 2.17. The van der Waals surface area contributed by atoms with Gasteiger partial charge < -0.3 is 18.7 Å². The van der Waals surface area contributed by atoms with Crippen LogP contribution in [0.3, 0.4) is 0 Å². The molecule has 0 saturated heterocycles. The number of benzene rings is 2. The van der Waals surface area contributed by atoms with Crippen molar-refractivity contribution in [2.75, 3.05) is 25.1 Å². The van der Waals surface area contributed by atoms with Gasteiger partial charge in [-0.3, -0.25) is 0 Å². The molecule has 2 aromatic carbocycles. The molecule has 4 rings (SSSR count). The van der Waals surface area contributed by atoms with Crippen molar-refractivity contribution in [3.05, 3.63) is 54.4 Å². The Morgan fingerprint density at radius 2 is 1.76 bits per heavy atom. The van der Waals surface area contributed by atoms with Gasteiger partial charge in [0, 0.05) is 30.9 Å². The van der Waals surface area contributed by atoms with E-state index >= 15 is 0 Å². The van der Waals surface area contributed by atoms with Gasteiger partial charge in [-0.05, 0) is 57.2 Å². The van der Waals surface area contributed by atoms with E-state index in [0.29, 0.717) is 23.2 Å². The molecule has 0 aliphatic heterocycles. The van der Waals surface area contributed by atoms with Crippen molar-refractivity contribution < 1.29 is 9.26 Å². The van der Waals surface area contributed by atoms with Gasteiger partial charge >= 0.3 is 0 Å². The Bertz CT molecular complexity index is 1180. The number of aromatic nitrogens is 5. The predicted molar refractivity (Wildman–Crippen MR) is 131 cm³/mol. The molecule has 33 heavy (non-hydrogen) atoms. The van der Waals surface area contributed by atoms with E-state index in [1.54, 1.807) is 7.11 Å². The minimum Gasteiger partial charge on any atom is -0.496 e. The van der Waals surface area contributed by atoms with Crippen LogP contribution in [0.15, 0.2) is 58.2 Å². The van der Waals surface area contributed by atoms with Crippen LogP contribution in [0.25, 0.3) is 22.8 Å². The van der Waals surface area contributed by atoms with Crippen molar-refractivity contribution in [1.82, 2.24) is 24.9 Å². The third-order valence-electron chi connectivity index (χ3n) is 5.43. The molecular formula is C24H28N6O2S. The average molecular weight is 465 g/mol. The van der Waals surface area contributed by atoms with Crippen LogP contribution in [0.1, 0.15) is 26.7 Å². The maximum absolute atomic E-state index is 5.46. The van der Waals surface area contributed by atoms with Crippen molar-refractivity contribution in [3.63, 3.8) is 0 Å². The molecule has 0 radical (unpaired) electrons. The van der Waals surface area contributed by atoms with E-state index < -0.39 is 0 Å². The second kappa shape index (κ2) is 10.5. The molecule has 0 fully saturated rings. The zero-order chi connectivity index (χ0) is 23.2. The number of hydrogen-bond acceptors (Lipinski definition) is 8. The molecular weight excluding hydrogens is 436 g/mol. The lowest BCUT2D eigenvalue weighted by atomic mass is 10.2. The van der Waals surface area contributed by atoms with E-state index in [0.717, 1.165) is 41.7 Å². The van der Waals surface area contributed by atoms with Gasteiger partial charge in [0.25, 0.3) is 0 Å². The van der Waals surface area contributed by atoms with Crippen LogP contribution in [0, 0.1) is 0 Å². The van der Waals surface area contributed by atoms with E-state index in [9.17, 15) is 0 Å². The molecule has 0 spiro atoms. The van der Waals surface area contributed by atoms with Crippen molar-refractivity contribution >= 4 is 17.4 Å². The summed E-state index contributed by atoms with van der Waals surface area (Å²) in [6.45, 7) is 9.15. The molecule has 4 aromatic rings. The van der Waals surface area contributed by atoms with Gasteiger partial charge in [0.2, 0.25) is 11.7 Å². The van der Waals surface area contributed by atoms with Gasteiger partial charge in [0.1, 0.15) is 5.75 Å². The SMILES string of the molecule is CCN(CC)c1ccc(-c2nnc(SCc3nc(-c4ccccc4OC)no3)n2CC)cc1. The molecule has 0 aliphatic carbocycles. The molecule has 0 atom stereocenters. The van der Waals surface area contributed by atoms with Crippen molar-refractivity contribution in [1.29, 1.82) is 0 Å². The normalized spacial score (nSPS) is 11.0. The molecule has 172 valence electrons. The number of rotatable bonds is 10. The van der Waals surface area contributed by atoms with Gasteiger partial charge in [-0.25, -0.2) is 0 Å². The number of methoxy groups -OCH3 is 1. The maximum atomic E-state index is 5.46. The van der Waals surface area contributed by atoms with E-state index in [1.807, 2.05) is 24.3 Å². The fourth-order valence-electron chi connectivity index (χ4n) is 3.68. The van der Waals surface area contributed by atoms with Crippen LogP contribution < -0.4 is 9.64 Å². The van der Waals surface area contributed by atoms with Crippen LogP contribution in [0.2, 0.25) is 0 Å². The Labute approximate surface area is 198 Å². The number of nitrogens with zero attached hydrogens (tertiary/aromatic N) is 6. The Morgan fingerprint density at radius 1 is 1.00 bits per heavy atom. The molecule has 0 aliphatic rings. The Morgan fingerprint density at radius 3 is 2.45 bits per heavy atom. The van der Waals surface area contributed by atoms with Crippen LogP contribution in [0.5, 0.6) is 5.75 Å². The first-order valence-electron chi connectivity index (χ1n) is 11.1. The summed E-state index contributed by atoms with van der Waals surface area (Å²) in [5.74, 6) is 3.10. The third kappa shape index (κ3) is 4.88. The molecule has 0 amide bonds. The van der Waals surface area contributed by atoms with E-state index in [4.69, 9.17) is 9.26 Å². The van der Waals surface area contributed by atoms with E-state index in [-0.39, 0.29) is 0 Å². The topological polar surface area (TPSA) is 82.1 Å². The molecule has 2 heterocycles. The Balaban J connectivity index is 1.49. The first-order chi connectivity index (χ1) is 16.2. The molecule has 0 bridgehead atoms. The molecule has 8 nitrogen and oxygen atoms in total. The summed E-state index contributed by atoms with van der Waals surface area (Å²) in [4.78, 5) is 6.84. The Kier molecular flexibility index (Phi) is 7.29. The summed E-state index contributed by atoms with van der Waals surface area (Å²) in [5.41, 5.74) is 3.05. The first kappa shape index (κ1) is 22.8. The number of thioether (sulfide) groups is 1. The van der Waals surface area contributed by atoms with E-state index in [2.05, 4.69) is 74.8 Å². The smallest absolute Gasteiger partial charge is 0.237 e. The lowest BCUT2D eigenvalue weighted by Gasteiger charge is -2.21. The van der Waals surface area contributed by atoms with Crippen LogP contribution >= 0.6 is 11.8 Å². The average Bonchev–Trinajstić information content (AvgIpc) is 3.50. The van der Waals surface area contributed by atoms with E-state index in [1.165, 1.54) is 17.4 Å². The number of para-hydroxylation sites is 1. The van der Waals surface area contributed by atoms with Crippen LogP contribution in [-0.4, -0.2) is 45.1 Å². The summed E-state index contributed by atoms with van der Waals surface area (Å²) < 4.78 is 13.0.